The minimum Gasteiger partial charge on any atom is -0.382 e. The van der Waals surface area contributed by atoms with Gasteiger partial charge < -0.3 is 14.8 Å². The van der Waals surface area contributed by atoms with Gasteiger partial charge in [0.25, 0.3) is 0 Å². The minimum absolute atomic E-state index is 0.374. The zero-order chi connectivity index (χ0) is 11.8. The molecule has 0 spiro atoms. The van der Waals surface area contributed by atoms with Crippen molar-refractivity contribution in [3.8, 4) is 0 Å². The van der Waals surface area contributed by atoms with Crippen molar-refractivity contribution in [3.63, 3.8) is 0 Å². The molecule has 1 N–H and O–H groups in total. The highest BCUT2D eigenvalue weighted by molar-refractivity contribution is 7.11. The maximum absolute atomic E-state index is 5.45. The molecule has 0 aliphatic rings. The van der Waals surface area contributed by atoms with E-state index in [2.05, 4.69) is 31.3 Å². The Morgan fingerprint density at radius 2 is 2.19 bits per heavy atom. The van der Waals surface area contributed by atoms with E-state index in [1.165, 1.54) is 9.75 Å². The Hall–Kier alpha value is -0.420. The lowest BCUT2D eigenvalue weighted by atomic mass is 10.3. The van der Waals surface area contributed by atoms with Gasteiger partial charge in [-0.25, -0.2) is 0 Å². The normalized spacial score (nSPS) is 12.9. The second kappa shape index (κ2) is 7.79. The summed E-state index contributed by atoms with van der Waals surface area (Å²) in [5.41, 5.74) is 0. The third-order valence-electron chi connectivity index (χ3n) is 2.22. The Labute approximate surface area is 102 Å². The number of methoxy groups -OCH3 is 1. The van der Waals surface area contributed by atoms with Crippen molar-refractivity contribution in [2.75, 3.05) is 26.9 Å². The lowest BCUT2D eigenvalue weighted by Gasteiger charge is -2.13. The van der Waals surface area contributed by atoms with Crippen LogP contribution in [0.5, 0.6) is 0 Å². The molecule has 0 amide bonds. The number of hydrogen-bond donors (Lipinski definition) is 1. The Kier molecular flexibility index (Phi) is 6.64. The van der Waals surface area contributed by atoms with Crippen LogP contribution in [0.1, 0.15) is 16.7 Å². The molecule has 1 aromatic rings. The van der Waals surface area contributed by atoms with Gasteiger partial charge in [0.05, 0.1) is 19.8 Å². The molecule has 0 saturated carbocycles. The lowest BCUT2D eigenvalue weighted by molar-refractivity contribution is 0.0609. The highest BCUT2D eigenvalue weighted by Crippen LogP contribution is 2.14. The van der Waals surface area contributed by atoms with Crippen LogP contribution in [0, 0.1) is 6.92 Å². The van der Waals surface area contributed by atoms with E-state index in [-0.39, 0.29) is 0 Å². The van der Waals surface area contributed by atoms with E-state index in [1.807, 2.05) is 11.3 Å². The van der Waals surface area contributed by atoms with E-state index in [1.54, 1.807) is 7.11 Å². The summed E-state index contributed by atoms with van der Waals surface area (Å²) >= 11 is 1.84. The van der Waals surface area contributed by atoms with Crippen molar-refractivity contribution >= 4 is 11.3 Å². The van der Waals surface area contributed by atoms with Crippen molar-refractivity contribution < 1.29 is 9.47 Å². The van der Waals surface area contributed by atoms with Crippen molar-refractivity contribution in [2.24, 2.45) is 0 Å². The highest BCUT2D eigenvalue weighted by Gasteiger charge is 2.02. The summed E-state index contributed by atoms with van der Waals surface area (Å²) in [5.74, 6) is 0. The molecular formula is C12H21NO2S. The molecule has 0 bridgehead atoms. The predicted octanol–water partition coefficient (Wildman–Crippen LogP) is 2.20. The first-order valence-corrected chi connectivity index (χ1v) is 6.39. The Bertz CT molecular complexity index is 288. The number of aryl methyl sites for hydroxylation is 1. The molecule has 0 radical (unpaired) electrons. The van der Waals surface area contributed by atoms with E-state index < -0.39 is 0 Å². The van der Waals surface area contributed by atoms with Gasteiger partial charge in [-0.1, -0.05) is 0 Å². The average molecular weight is 243 g/mol. The number of thiophene rings is 1. The molecule has 1 unspecified atom stereocenters. The lowest BCUT2D eigenvalue weighted by Crippen LogP contribution is -2.30. The van der Waals surface area contributed by atoms with Gasteiger partial charge >= 0.3 is 0 Å². The van der Waals surface area contributed by atoms with Crippen LogP contribution in [0.2, 0.25) is 0 Å². The van der Waals surface area contributed by atoms with E-state index in [0.29, 0.717) is 19.3 Å². The molecule has 1 heterocycles. The van der Waals surface area contributed by atoms with E-state index in [4.69, 9.17) is 9.47 Å². The molecule has 0 fully saturated rings. The largest absolute Gasteiger partial charge is 0.382 e. The molecule has 0 aliphatic carbocycles. The van der Waals surface area contributed by atoms with Crippen LogP contribution < -0.4 is 5.32 Å². The summed E-state index contributed by atoms with van der Waals surface area (Å²) in [4.78, 5) is 2.74. The number of nitrogens with one attached hydrogen (secondary N) is 1. The summed E-state index contributed by atoms with van der Waals surface area (Å²) in [6, 6.07) is 4.70. The first kappa shape index (κ1) is 13.6. The smallest absolute Gasteiger partial charge is 0.0701 e. The third-order valence-corrected chi connectivity index (χ3v) is 3.22. The quantitative estimate of drug-likeness (QED) is 0.710. The summed E-state index contributed by atoms with van der Waals surface area (Å²) in [6.07, 6.45) is 0. The van der Waals surface area contributed by atoms with Gasteiger partial charge in [0.1, 0.15) is 0 Å². The van der Waals surface area contributed by atoms with Gasteiger partial charge in [0.2, 0.25) is 0 Å². The van der Waals surface area contributed by atoms with Crippen molar-refractivity contribution in [3.05, 3.63) is 21.9 Å². The van der Waals surface area contributed by atoms with Gasteiger partial charge in [-0.05, 0) is 26.0 Å². The summed E-state index contributed by atoms with van der Waals surface area (Å²) in [7, 11) is 1.68. The molecule has 92 valence electrons. The zero-order valence-electron chi connectivity index (χ0n) is 10.3. The highest BCUT2D eigenvalue weighted by atomic mass is 32.1. The zero-order valence-corrected chi connectivity index (χ0v) is 11.1. The molecule has 3 nitrogen and oxygen atoms in total. The molecule has 0 saturated heterocycles. The van der Waals surface area contributed by atoms with Gasteiger partial charge in [-0.15, -0.1) is 11.3 Å². The minimum atomic E-state index is 0.374. The fourth-order valence-electron chi connectivity index (χ4n) is 1.32. The first-order valence-electron chi connectivity index (χ1n) is 5.57. The Morgan fingerprint density at radius 3 is 2.81 bits per heavy atom. The number of rotatable bonds is 8. The number of hydrogen-bond acceptors (Lipinski definition) is 4. The van der Waals surface area contributed by atoms with Crippen LogP contribution in [0.3, 0.4) is 0 Å². The topological polar surface area (TPSA) is 30.5 Å². The van der Waals surface area contributed by atoms with Crippen molar-refractivity contribution in [1.29, 1.82) is 0 Å². The molecule has 1 aromatic heterocycles. The molecule has 4 heteroatoms. The van der Waals surface area contributed by atoms with E-state index in [9.17, 15) is 0 Å². The second-order valence-corrected chi connectivity index (χ2v) is 5.23. The predicted molar refractivity (Wildman–Crippen MR) is 68.1 cm³/mol. The summed E-state index contributed by atoms with van der Waals surface area (Å²) in [5, 5.41) is 3.43. The monoisotopic (exact) mass is 243 g/mol. The summed E-state index contributed by atoms with van der Waals surface area (Å²) in [6.45, 7) is 7.25. The molecule has 0 aromatic carbocycles. The van der Waals surface area contributed by atoms with Crippen LogP contribution >= 0.6 is 11.3 Å². The standard InChI is InChI=1S/C12H21NO2S/c1-10(9-15-7-6-14-3)13-8-12-5-4-11(2)16-12/h4-5,10,13H,6-9H2,1-3H3. The maximum atomic E-state index is 5.45. The van der Waals surface area contributed by atoms with Crippen LogP contribution in [0.25, 0.3) is 0 Å². The number of ether oxygens (including phenoxy) is 2. The van der Waals surface area contributed by atoms with Crippen LogP contribution in [0.15, 0.2) is 12.1 Å². The molecule has 0 aliphatic heterocycles. The van der Waals surface area contributed by atoms with Gasteiger partial charge in [-0.2, -0.15) is 0 Å². The average Bonchev–Trinajstić information content (AvgIpc) is 2.68. The van der Waals surface area contributed by atoms with Crippen molar-refractivity contribution in [1.82, 2.24) is 5.32 Å². The maximum Gasteiger partial charge on any atom is 0.0701 e. The molecule has 1 atom stereocenters. The van der Waals surface area contributed by atoms with Crippen LogP contribution in [-0.4, -0.2) is 33.0 Å². The molecule has 16 heavy (non-hydrogen) atoms. The van der Waals surface area contributed by atoms with Gasteiger partial charge in [-0.3, -0.25) is 0 Å². The van der Waals surface area contributed by atoms with E-state index in [0.717, 1.165) is 13.2 Å². The van der Waals surface area contributed by atoms with Gasteiger partial charge in [0.15, 0.2) is 0 Å². The third kappa shape index (κ3) is 5.61. The van der Waals surface area contributed by atoms with Crippen LogP contribution in [0.4, 0.5) is 0 Å². The van der Waals surface area contributed by atoms with Crippen LogP contribution in [-0.2, 0) is 16.0 Å². The SMILES string of the molecule is COCCOCC(C)NCc1ccc(C)s1. The first-order chi connectivity index (χ1) is 7.72. The van der Waals surface area contributed by atoms with Gasteiger partial charge in [0, 0.05) is 29.5 Å². The Morgan fingerprint density at radius 1 is 1.38 bits per heavy atom. The molecule has 1 rings (SSSR count). The fourth-order valence-corrected chi connectivity index (χ4v) is 2.16. The van der Waals surface area contributed by atoms with E-state index >= 15 is 0 Å². The second-order valence-electron chi connectivity index (χ2n) is 3.86. The summed E-state index contributed by atoms with van der Waals surface area (Å²) < 4.78 is 10.4. The fraction of sp³-hybridized carbons (Fsp3) is 0.667. The Balaban J connectivity index is 2.08. The molecular weight excluding hydrogens is 222 g/mol. The van der Waals surface area contributed by atoms with Crippen molar-refractivity contribution in [2.45, 2.75) is 26.4 Å².